The van der Waals surface area contributed by atoms with E-state index in [0.717, 1.165) is 30.9 Å². The van der Waals surface area contributed by atoms with E-state index >= 15 is 0 Å². The number of aromatic hydroxyl groups is 1. The number of aliphatic hydroxyl groups is 1. The molecule has 6 heteroatoms. The second-order valence-electron chi connectivity index (χ2n) is 5.96. The van der Waals surface area contributed by atoms with Crippen LogP contribution in [0.5, 0.6) is 5.75 Å². The van der Waals surface area contributed by atoms with Crippen molar-refractivity contribution in [1.82, 2.24) is 4.90 Å². The summed E-state index contributed by atoms with van der Waals surface area (Å²) in [6.45, 7) is 2.96. The topological polar surface area (TPSA) is 46.9 Å². The molecule has 1 aliphatic rings. The molecule has 3 rings (SSSR count). The second-order valence-corrected chi connectivity index (χ2v) is 5.96. The molecule has 1 saturated heterocycles. The van der Waals surface area contributed by atoms with Gasteiger partial charge in [-0.2, -0.15) is 0 Å². The molecule has 2 aromatic rings. The van der Waals surface area contributed by atoms with Crippen LogP contribution in [0.1, 0.15) is 11.7 Å². The summed E-state index contributed by atoms with van der Waals surface area (Å²) in [7, 11) is 0. The van der Waals surface area contributed by atoms with Crippen molar-refractivity contribution < 1.29 is 19.0 Å². The Morgan fingerprint density at radius 3 is 2.21 bits per heavy atom. The van der Waals surface area contributed by atoms with Crippen LogP contribution in [0.2, 0.25) is 0 Å². The normalized spacial score (nSPS) is 17.0. The van der Waals surface area contributed by atoms with Gasteiger partial charge in [0.05, 0.1) is 11.7 Å². The molecule has 2 N–H and O–H groups in total. The maximum atomic E-state index is 13.7. The van der Waals surface area contributed by atoms with Gasteiger partial charge >= 0.3 is 0 Å². The average molecular weight is 334 g/mol. The maximum absolute atomic E-state index is 13.7. The quantitative estimate of drug-likeness (QED) is 0.902. The third kappa shape index (κ3) is 3.66. The highest BCUT2D eigenvalue weighted by atomic mass is 19.1. The standard InChI is InChI=1S/C18H20F2N2O2/c19-15-5-2-6-16(20)18(15)17(24)12-21-7-9-22(10-8-21)13-3-1-4-14(23)11-13/h1-6,11,17,23-24H,7-10,12H2. The first-order valence-corrected chi connectivity index (χ1v) is 7.93. The molecule has 0 saturated carbocycles. The lowest BCUT2D eigenvalue weighted by Gasteiger charge is -2.37. The summed E-state index contributed by atoms with van der Waals surface area (Å²) in [4.78, 5) is 4.11. The van der Waals surface area contributed by atoms with E-state index in [2.05, 4.69) is 4.90 Å². The Kier molecular flexibility index (Phi) is 4.97. The van der Waals surface area contributed by atoms with Crippen molar-refractivity contribution in [1.29, 1.82) is 0 Å². The number of β-amino-alcohol motifs (C(OH)–C–C–N with tert-alkyl or cyclic N) is 1. The van der Waals surface area contributed by atoms with E-state index in [0.29, 0.717) is 13.1 Å². The van der Waals surface area contributed by atoms with Gasteiger partial charge in [0, 0.05) is 44.5 Å². The van der Waals surface area contributed by atoms with Gasteiger partial charge in [-0.1, -0.05) is 12.1 Å². The van der Waals surface area contributed by atoms with Gasteiger partial charge in [-0.15, -0.1) is 0 Å². The zero-order valence-electron chi connectivity index (χ0n) is 13.2. The van der Waals surface area contributed by atoms with Crippen LogP contribution < -0.4 is 4.90 Å². The molecule has 128 valence electrons. The first-order chi connectivity index (χ1) is 11.5. The molecule has 4 nitrogen and oxygen atoms in total. The molecule has 0 bridgehead atoms. The minimum atomic E-state index is -1.20. The number of benzene rings is 2. The summed E-state index contributed by atoms with van der Waals surface area (Å²) in [5.74, 6) is -1.22. The van der Waals surface area contributed by atoms with Crippen LogP contribution in [0, 0.1) is 11.6 Å². The monoisotopic (exact) mass is 334 g/mol. The van der Waals surface area contributed by atoms with Crippen molar-refractivity contribution in [2.24, 2.45) is 0 Å². The van der Waals surface area contributed by atoms with Gasteiger partial charge in [-0.05, 0) is 24.3 Å². The lowest BCUT2D eigenvalue weighted by Crippen LogP contribution is -2.47. The summed E-state index contributed by atoms with van der Waals surface area (Å²) in [5.41, 5.74) is 0.670. The summed E-state index contributed by atoms with van der Waals surface area (Å²) in [6, 6.07) is 10.6. The average Bonchev–Trinajstić information content (AvgIpc) is 2.55. The summed E-state index contributed by atoms with van der Waals surface area (Å²) >= 11 is 0. The predicted octanol–water partition coefficient (Wildman–Crippen LogP) is 2.53. The minimum absolute atomic E-state index is 0.186. The SMILES string of the molecule is Oc1cccc(N2CCN(CC(O)c3c(F)cccc3F)CC2)c1. The Hall–Kier alpha value is -2.18. The number of halogens is 2. The number of anilines is 1. The Balaban J connectivity index is 1.59. The summed E-state index contributed by atoms with van der Waals surface area (Å²) in [6.07, 6.45) is -1.20. The van der Waals surface area contributed by atoms with E-state index in [1.807, 2.05) is 11.0 Å². The Morgan fingerprint density at radius 2 is 1.58 bits per heavy atom. The molecule has 1 atom stereocenters. The van der Waals surface area contributed by atoms with E-state index < -0.39 is 17.7 Å². The van der Waals surface area contributed by atoms with Crippen LogP contribution in [0.15, 0.2) is 42.5 Å². The molecule has 0 radical (unpaired) electrons. The highest BCUT2D eigenvalue weighted by molar-refractivity contribution is 5.50. The molecular formula is C18H20F2N2O2. The molecule has 1 fully saturated rings. The number of phenolic OH excluding ortho intramolecular Hbond substituents is 1. The van der Waals surface area contributed by atoms with Crippen LogP contribution in [-0.2, 0) is 0 Å². The van der Waals surface area contributed by atoms with Crippen molar-refractivity contribution >= 4 is 5.69 Å². The van der Waals surface area contributed by atoms with E-state index in [4.69, 9.17) is 0 Å². The number of hydrogen-bond donors (Lipinski definition) is 2. The van der Waals surface area contributed by atoms with Gasteiger partial charge in [-0.25, -0.2) is 8.78 Å². The van der Waals surface area contributed by atoms with Crippen LogP contribution in [0.3, 0.4) is 0 Å². The van der Waals surface area contributed by atoms with Crippen LogP contribution in [0.25, 0.3) is 0 Å². The largest absolute Gasteiger partial charge is 0.508 e. The molecule has 0 spiro atoms. The Bertz CT molecular complexity index is 683. The first-order valence-electron chi connectivity index (χ1n) is 7.93. The van der Waals surface area contributed by atoms with Crippen LogP contribution in [-0.4, -0.2) is 47.8 Å². The zero-order valence-corrected chi connectivity index (χ0v) is 13.2. The van der Waals surface area contributed by atoms with Gasteiger partial charge in [0.25, 0.3) is 0 Å². The van der Waals surface area contributed by atoms with Crippen LogP contribution in [0.4, 0.5) is 14.5 Å². The second kappa shape index (κ2) is 7.15. The van der Waals surface area contributed by atoms with E-state index in [1.165, 1.54) is 6.07 Å². The number of rotatable bonds is 4. The highest BCUT2D eigenvalue weighted by Crippen LogP contribution is 2.24. The Morgan fingerprint density at radius 1 is 0.958 bits per heavy atom. The van der Waals surface area contributed by atoms with E-state index in [9.17, 15) is 19.0 Å². The van der Waals surface area contributed by atoms with Gasteiger partial charge in [0.1, 0.15) is 17.4 Å². The van der Waals surface area contributed by atoms with E-state index in [-0.39, 0.29) is 17.9 Å². The zero-order chi connectivity index (χ0) is 17.1. The third-order valence-electron chi connectivity index (χ3n) is 4.33. The Labute approximate surface area is 139 Å². The number of aliphatic hydroxyl groups excluding tert-OH is 1. The molecule has 1 unspecified atom stereocenters. The summed E-state index contributed by atoms with van der Waals surface area (Å²) in [5, 5.41) is 19.7. The predicted molar refractivity (Wildman–Crippen MR) is 88.1 cm³/mol. The van der Waals surface area contributed by atoms with Gasteiger partial charge in [0.2, 0.25) is 0 Å². The van der Waals surface area contributed by atoms with Crippen molar-refractivity contribution in [2.45, 2.75) is 6.10 Å². The van der Waals surface area contributed by atoms with Gasteiger partial charge < -0.3 is 15.1 Å². The lowest BCUT2D eigenvalue weighted by atomic mass is 10.1. The smallest absolute Gasteiger partial charge is 0.131 e. The highest BCUT2D eigenvalue weighted by Gasteiger charge is 2.23. The number of piperazine rings is 1. The number of hydrogen-bond acceptors (Lipinski definition) is 4. The fraction of sp³-hybridized carbons (Fsp3) is 0.333. The molecule has 24 heavy (non-hydrogen) atoms. The van der Waals surface area contributed by atoms with Crippen molar-refractivity contribution in [3.05, 3.63) is 59.7 Å². The molecule has 2 aromatic carbocycles. The first kappa shape index (κ1) is 16.7. The molecule has 1 heterocycles. The molecule has 0 aliphatic carbocycles. The maximum Gasteiger partial charge on any atom is 0.131 e. The fourth-order valence-electron chi connectivity index (χ4n) is 3.04. The van der Waals surface area contributed by atoms with Gasteiger partial charge in [0.15, 0.2) is 0 Å². The van der Waals surface area contributed by atoms with Gasteiger partial charge in [-0.3, -0.25) is 4.90 Å². The van der Waals surface area contributed by atoms with Crippen molar-refractivity contribution in [2.75, 3.05) is 37.6 Å². The summed E-state index contributed by atoms with van der Waals surface area (Å²) < 4.78 is 27.5. The minimum Gasteiger partial charge on any atom is -0.508 e. The molecule has 0 aromatic heterocycles. The number of nitrogens with zero attached hydrogens (tertiary/aromatic N) is 2. The lowest BCUT2D eigenvalue weighted by molar-refractivity contribution is 0.103. The van der Waals surface area contributed by atoms with Crippen molar-refractivity contribution in [3.63, 3.8) is 0 Å². The fourth-order valence-corrected chi connectivity index (χ4v) is 3.04. The van der Waals surface area contributed by atoms with E-state index in [1.54, 1.807) is 18.2 Å². The van der Waals surface area contributed by atoms with Crippen molar-refractivity contribution in [3.8, 4) is 5.75 Å². The molecular weight excluding hydrogens is 314 g/mol. The molecule has 0 amide bonds. The number of phenols is 1. The molecule has 1 aliphatic heterocycles. The third-order valence-corrected chi connectivity index (χ3v) is 4.33. The van der Waals surface area contributed by atoms with Crippen LogP contribution >= 0.6 is 0 Å².